The summed E-state index contributed by atoms with van der Waals surface area (Å²) in [6, 6.07) is 7.83. The van der Waals surface area contributed by atoms with Gasteiger partial charge in [-0.15, -0.1) is 0 Å². The highest BCUT2D eigenvalue weighted by atomic mass is 35.5. The number of aryl methyl sites for hydroxylation is 1. The fourth-order valence-corrected chi connectivity index (χ4v) is 1.80. The molecule has 17 heavy (non-hydrogen) atoms. The third kappa shape index (κ3) is 2.74. The topological polar surface area (TPSA) is 39.2 Å². The van der Waals surface area contributed by atoms with E-state index in [9.17, 15) is 4.79 Å². The third-order valence-electron chi connectivity index (χ3n) is 2.43. The summed E-state index contributed by atoms with van der Waals surface area (Å²) < 4.78 is 4.92. The maximum Gasteiger partial charge on any atom is 0.302 e. The lowest BCUT2D eigenvalue weighted by atomic mass is 10.1. The lowest BCUT2D eigenvalue weighted by molar-refractivity contribution is -0.142. The zero-order chi connectivity index (χ0) is 12.4. The molecule has 0 spiro atoms. The highest BCUT2D eigenvalue weighted by Crippen LogP contribution is 2.22. The van der Waals surface area contributed by atoms with Crippen LogP contribution in [-0.2, 0) is 16.1 Å². The Bertz CT molecular complexity index is 581. The van der Waals surface area contributed by atoms with Gasteiger partial charge in [0.15, 0.2) is 0 Å². The van der Waals surface area contributed by atoms with Gasteiger partial charge in [0.25, 0.3) is 0 Å². The van der Waals surface area contributed by atoms with E-state index >= 15 is 0 Å². The van der Waals surface area contributed by atoms with Crippen molar-refractivity contribution in [2.24, 2.45) is 0 Å². The smallest absolute Gasteiger partial charge is 0.302 e. The maximum absolute atomic E-state index is 10.8. The van der Waals surface area contributed by atoms with Crippen LogP contribution < -0.4 is 0 Å². The highest BCUT2D eigenvalue weighted by Gasteiger charge is 2.06. The molecule has 2 aromatic rings. The van der Waals surface area contributed by atoms with Crippen molar-refractivity contribution in [2.75, 3.05) is 0 Å². The van der Waals surface area contributed by atoms with Crippen molar-refractivity contribution in [2.45, 2.75) is 20.5 Å². The van der Waals surface area contributed by atoms with Gasteiger partial charge in [-0.1, -0.05) is 23.2 Å². The van der Waals surface area contributed by atoms with Crippen molar-refractivity contribution in [3.63, 3.8) is 0 Å². The SMILES string of the molecule is CC(=O)OCc1cc2cc(C)ccc2nc1Cl. The molecule has 0 aliphatic heterocycles. The van der Waals surface area contributed by atoms with Gasteiger partial charge in [-0.2, -0.15) is 0 Å². The highest BCUT2D eigenvalue weighted by molar-refractivity contribution is 6.30. The molecule has 0 N–H and O–H groups in total. The van der Waals surface area contributed by atoms with Crippen molar-refractivity contribution >= 4 is 28.5 Å². The van der Waals surface area contributed by atoms with Gasteiger partial charge in [0.2, 0.25) is 0 Å². The molecule has 88 valence electrons. The molecule has 1 heterocycles. The first kappa shape index (κ1) is 11.9. The molecular weight excluding hydrogens is 238 g/mol. The van der Waals surface area contributed by atoms with Gasteiger partial charge in [0.05, 0.1) is 5.52 Å². The Balaban J connectivity index is 2.42. The number of nitrogens with zero attached hydrogens (tertiary/aromatic N) is 1. The van der Waals surface area contributed by atoms with Crippen LogP contribution in [0.15, 0.2) is 24.3 Å². The summed E-state index contributed by atoms with van der Waals surface area (Å²) in [4.78, 5) is 15.0. The van der Waals surface area contributed by atoms with Crippen molar-refractivity contribution in [1.82, 2.24) is 4.98 Å². The average molecular weight is 250 g/mol. The van der Waals surface area contributed by atoms with E-state index in [1.54, 1.807) is 0 Å². The van der Waals surface area contributed by atoms with E-state index in [-0.39, 0.29) is 12.6 Å². The Morgan fingerprint density at radius 2 is 2.18 bits per heavy atom. The molecule has 0 saturated heterocycles. The molecule has 1 aromatic heterocycles. The molecule has 1 aromatic carbocycles. The van der Waals surface area contributed by atoms with E-state index in [0.29, 0.717) is 5.15 Å². The Labute approximate surface area is 104 Å². The fraction of sp³-hybridized carbons (Fsp3) is 0.231. The van der Waals surface area contributed by atoms with Crippen molar-refractivity contribution in [3.05, 3.63) is 40.5 Å². The number of halogens is 1. The first-order valence-corrected chi connectivity index (χ1v) is 5.63. The Kier molecular flexibility index (Phi) is 3.29. The molecule has 0 unspecified atom stereocenters. The second-order valence-electron chi connectivity index (χ2n) is 3.91. The molecule has 4 heteroatoms. The molecule has 0 amide bonds. The minimum atomic E-state index is -0.328. The quantitative estimate of drug-likeness (QED) is 0.606. The molecule has 0 aliphatic carbocycles. The molecule has 0 atom stereocenters. The van der Waals surface area contributed by atoms with Crippen LogP contribution >= 0.6 is 11.6 Å². The molecule has 3 nitrogen and oxygen atoms in total. The number of benzene rings is 1. The molecule has 0 bridgehead atoms. The van der Waals surface area contributed by atoms with Gasteiger partial charge < -0.3 is 4.74 Å². The standard InChI is InChI=1S/C13H12ClNO2/c1-8-3-4-12-10(5-8)6-11(13(14)15-12)7-17-9(2)16/h3-6H,7H2,1-2H3. The van der Waals surface area contributed by atoms with Crippen molar-refractivity contribution in [1.29, 1.82) is 0 Å². The number of hydrogen-bond donors (Lipinski definition) is 0. The van der Waals surface area contributed by atoms with E-state index < -0.39 is 0 Å². The lowest BCUT2D eigenvalue weighted by Gasteiger charge is -2.06. The predicted octanol–water partition coefficient (Wildman–Crippen LogP) is 3.26. The number of ether oxygens (including phenoxy) is 1. The van der Waals surface area contributed by atoms with Crippen LogP contribution in [0, 0.1) is 6.92 Å². The minimum Gasteiger partial charge on any atom is -0.461 e. The third-order valence-corrected chi connectivity index (χ3v) is 2.75. The van der Waals surface area contributed by atoms with Gasteiger partial charge in [-0.05, 0) is 25.1 Å². The van der Waals surface area contributed by atoms with E-state index in [1.807, 2.05) is 31.2 Å². The van der Waals surface area contributed by atoms with Crippen LogP contribution in [-0.4, -0.2) is 11.0 Å². The first-order valence-electron chi connectivity index (χ1n) is 5.25. The van der Waals surface area contributed by atoms with Gasteiger partial charge in [-0.25, -0.2) is 4.98 Å². The van der Waals surface area contributed by atoms with E-state index in [1.165, 1.54) is 6.92 Å². The number of aromatic nitrogens is 1. The summed E-state index contributed by atoms with van der Waals surface area (Å²) in [7, 11) is 0. The van der Waals surface area contributed by atoms with Gasteiger partial charge >= 0.3 is 5.97 Å². The number of carbonyl (C=O) groups is 1. The fourth-order valence-electron chi connectivity index (χ4n) is 1.60. The molecular formula is C13H12ClNO2. The molecule has 0 aliphatic rings. The predicted molar refractivity (Wildman–Crippen MR) is 67.0 cm³/mol. The monoisotopic (exact) mass is 249 g/mol. The molecule has 0 radical (unpaired) electrons. The number of esters is 1. The van der Waals surface area contributed by atoms with E-state index in [4.69, 9.17) is 16.3 Å². The molecule has 0 fully saturated rings. The van der Waals surface area contributed by atoms with Crippen molar-refractivity contribution < 1.29 is 9.53 Å². The average Bonchev–Trinajstić information content (AvgIpc) is 2.26. The van der Waals surface area contributed by atoms with Crippen molar-refractivity contribution in [3.8, 4) is 0 Å². The number of fused-ring (bicyclic) bond motifs is 1. The number of hydrogen-bond acceptors (Lipinski definition) is 3. The van der Waals surface area contributed by atoms with Gasteiger partial charge in [0, 0.05) is 17.9 Å². The summed E-state index contributed by atoms with van der Waals surface area (Å²) in [6.07, 6.45) is 0. The summed E-state index contributed by atoms with van der Waals surface area (Å²) in [5.74, 6) is -0.328. The van der Waals surface area contributed by atoms with Crippen LogP contribution in [0.25, 0.3) is 10.9 Å². The van der Waals surface area contributed by atoms with E-state index in [2.05, 4.69) is 4.98 Å². The van der Waals surface area contributed by atoms with Crippen LogP contribution in [0.2, 0.25) is 5.15 Å². The minimum absolute atomic E-state index is 0.158. The number of rotatable bonds is 2. The Hall–Kier alpha value is -1.61. The van der Waals surface area contributed by atoms with Gasteiger partial charge in [-0.3, -0.25) is 4.79 Å². The van der Waals surface area contributed by atoms with Crippen LogP contribution in [0.1, 0.15) is 18.1 Å². The summed E-state index contributed by atoms with van der Waals surface area (Å²) in [5.41, 5.74) is 2.72. The second-order valence-corrected chi connectivity index (χ2v) is 4.27. The van der Waals surface area contributed by atoms with E-state index in [0.717, 1.165) is 22.0 Å². The van der Waals surface area contributed by atoms with Crippen LogP contribution in [0.3, 0.4) is 0 Å². The Morgan fingerprint density at radius 3 is 2.88 bits per heavy atom. The summed E-state index contributed by atoms with van der Waals surface area (Å²) in [5, 5.41) is 1.37. The lowest BCUT2D eigenvalue weighted by Crippen LogP contribution is -2.00. The normalized spacial score (nSPS) is 10.5. The number of pyridine rings is 1. The molecule has 0 saturated carbocycles. The summed E-state index contributed by atoms with van der Waals surface area (Å²) >= 11 is 6.02. The maximum atomic E-state index is 10.8. The van der Waals surface area contributed by atoms with Crippen LogP contribution in [0.4, 0.5) is 0 Å². The second kappa shape index (κ2) is 4.72. The van der Waals surface area contributed by atoms with Crippen LogP contribution in [0.5, 0.6) is 0 Å². The zero-order valence-corrected chi connectivity index (χ0v) is 10.4. The Morgan fingerprint density at radius 1 is 1.41 bits per heavy atom. The number of carbonyl (C=O) groups excluding carboxylic acids is 1. The molecule has 2 rings (SSSR count). The van der Waals surface area contributed by atoms with Gasteiger partial charge in [0.1, 0.15) is 11.8 Å². The zero-order valence-electron chi connectivity index (χ0n) is 9.66. The first-order chi connectivity index (χ1) is 8.06. The summed E-state index contributed by atoms with van der Waals surface area (Å²) in [6.45, 7) is 3.54. The largest absolute Gasteiger partial charge is 0.461 e.